The Bertz CT molecular complexity index is 1720. The van der Waals surface area contributed by atoms with Crippen LogP contribution >= 0.6 is 0 Å². The van der Waals surface area contributed by atoms with Gasteiger partial charge in [-0.3, -0.25) is 4.79 Å². The summed E-state index contributed by atoms with van der Waals surface area (Å²) in [6.45, 7) is 6.50. The molecular weight excluding hydrogens is 506 g/mol. The molecule has 0 atom stereocenters. The normalized spacial score (nSPS) is 11.1. The molecule has 0 aliphatic rings. The predicted octanol–water partition coefficient (Wildman–Crippen LogP) is 8.37. The molecule has 1 heterocycles. The highest BCUT2D eigenvalue weighted by atomic mass is 16.5. The molecule has 0 aliphatic heterocycles. The minimum atomic E-state index is -0.452. The van der Waals surface area contributed by atoms with Gasteiger partial charge in [0.15, 0.2) is 0 Å². The van der Waals surface area contributed by atoms with Gasteiger partial charge in [-0.2, -0.15) is 5.26 Å². The van der Waals surface area contributed by atoms with E-state index in [1.807, 2.05) is 118 Å². The molecule has 0 radical (unpaired) electrons. The van der Waals surface area contributed by atoms with Crippen molar-refractivity contribution in [2.45, 2.75) is 20.8 Å². The number of hydrogen-bond acceptors (Lipinski definition) is 3. The number of nitrogens with zero attached hydrogens (tertiary/aromatic N) is 2. The molecule has 0 spiro atoms. The Morgan fingerprint density at radius 2 is 1.46 bits per heavy atom. The lowest BCUT2D eigenvalue weighted by Crippen LogP contribution is -2.13. The highest BCUT2D eigenvalue weighted by Gasteiger charge is 2.20. The Balaban J connectivity index is 1.70. The van der Waals surface area contributed by atoms with Crippen molar-refractivity contribution in [3.8, 4) is 40.0 Å². The largest absolute Gasteiger partial charge is 0.494 e. The maximum absolute atomic E-state index is 13.3. The molecule has 5 heteroatoms. The van der Waals surface area contributed by atoms with E-state index in [-0.39, 0.29) is 5.57 Å². The number of amides is 1. The van der Waals surface area contributed by atoms with Gasteiger partial charge in [0.2, 0.25) is 0 Å². The Labute approximate surface area is 241 Å². The summed E-state index contributed by atoms with van der Waals surface area (Å²) >= 11 is 0. The molecule has 0 unspecified atom stereocenters. The van der Waals surface area contributed by atoms with Crippen molar-refractivity contribution in [1.29, 1.82) is 5.26 Å². The molecule has 5 nitrogen and oxygen atoms in total. The highest BCUT2D eigenvalue weighted by Crippen LogP contribution is 2.37. The summed E-state index contributed by atoms with van der Waals surface area (Å²) < 4.78 is 7.86. The van der Waals surface area contributed by atoms with E-state index in [4.69, 9.17) is 4.74 Å². The van der Waals surface area contributed by atoms with E-state index < -0.39 is 5.91 Å². The number of carbonyl (C=O) groups is 1. The molecule has 1 aromatic heterocycles. The predicted molar refractivity (Wildman–Crippen MR) is 166 cm³/mol. The summed E-state index contributed by atoms with van der Waals surface area (Å²) in [4.78, 5) is 13.3. The summed E-state index contributed by atoms with van der Waals surface area (Å²) in [7, 11) is 0. The Hall–Kier alpha value is -5.34. The lowest BCUT2D eigenvalue weighted by molar-refractivity contribution is -0.112. The van der Waals surface area contributed by atoms with Gasteiger partial charge in [-0.05, 0) is 91.6 Å². The summed E-state index contributed by atoms with van der Waals surface area (Å²) in [5.41, 5.74) is 8.23. The molecule has 1 amide bonds. The second-order valence-corrected chi connectivity index (χ2v) is 9.83. The van der Waals surface area contributed by atoms with Crippen molar-refractivity contribution in [2.24, 2.45) is 0 Å². The van der Waals surface area contributed by atoms with Crippen molar-refractivity contribution in [2.75, 3.05) is 11.9 Å². The SMILES string of the molecule is CCOc1ccc(-n2c(-c3ccccc3)cc(/C=C(\C#N)C(=O)Nc3cc(C)cc(C)c3)c2-c2ccccc2)cc1. The molecule has 0 saturated carbocycles. The molecule has 5 aromatic rings. The van der Waals surface area contributed by atoms with Crippen LogP contribution in [0.3, 0.4) is 0 Å². The van der Waals surface area contributed by atoms with E-state index in [0.717, 1.165) is 50.6 Å². The van der Waals surface area contributed by atoms with Crippen LogP contribution in [0.15, 0.2) is 115 Å². The van der Waals surface area contributed by atoms with Crippen LogP contribution in [0.5, 0.6) is 5.75 Å². The third-order valence-corrected chi connectivity index (χ3v) is 6.70. The van der Waals surface area contributed by atoms with Crippen molar-refractivity contribution >= 4 is 17.7 Å². The van der Waals surface area contributed by atoms with Gasteiger partial charge in [-0.1, -0.05) is 66.7 Å². The molecule has 41 heavy (non-hydrogen) atoms. The van der Waals surface area contributed by atoms with Crippen molar-refractivity contribution < 1.29 is 9.53 Å². The van der Waals surface area contributed by atoms with Crippen LogP contribution < -0.4 is 10.1 Å². The first-order valence-electron chi connectivity index (χ1n) is 13.6. The second-order valence-electron chi connectivity index (χ2n) is 9.83. The van der Waals surface area contributed by atoms with Crippen LogP contribution in [0.25, 0.3) is 34.3 Å². The topological polar surface area (TPSA) is 67.0 Å². The first-order valence-corrected chi connectivity index (χ1v) is 13.6. The number of hydrogen-bond donors (Lipinski definition) is 1. The van der Waals surface area contributed by atoms with Crippen LogP contribution in [0, 0.1) is 25.2 Å². The monoisotopic (exact) mass is 537 g/mol. The van der Waals surface area contributed by atoms with E-state index in [2.05, 4.69) is 28.1 Å². The van der Waals surface area contributed by atoms with Crippen LogP contribution in [0.4, 0.5) is 5.69 Å². The van der Waals surface area contributed by atoms with Gasteiger partial charge in [0.1, 0.15) is 17.4 Å². The van der Waals surface area contributed by atoms with Gasteiger partial charge in [0, 0.05) is 16.9 Å². The maximum atomic E-state index is 13.3. The molecule has 202 valence electrons. The number of rotatable bonds is 8. The molecule has 5 rings (SSSR count). The van der Waals surface area contributed by atoms with Gasteiger partial charge >= 0.3 is 0 Å². The van der Waals surface area contributed by atoms with Gasteiger partial charge in [-0.25, -0.2) is 0 Å². The molecule has 0 aliphatic carbocycles. The van der Waals surface area contributed by atoms with E-state index in [1.54, 1.807) is 6.08 Å². The number of benzene rings is 4. The van der Waals surface area contributed by atoms with Crippen molar-refractivity contribution in [3.63, 3.8) is 0 Å². The van der Waals surface area contributed by atoms with Crippen LogP contribution in [0.2, 0.25) is 0 Å². The lowest BCUT2D eigenvalue weighted by Gasteiger charge is -2.16. The smallest absolute Gasteiger partial charge is 0.266 e. The first kappa shape index (κ1) is 27.2. The number of aryl methyl sites for hydroxylation is 2. The Morgan fingerprint density at radius 3 is 2.05 bits per heavy atom. The average Bonchev–Trinajstić information content (AvgIpc) is 3.36. The number of anilines is 1. The zero-order chi connectivity index (χ0) is 28.8. The molecule has 1 N–H and O–H groups in total. The summed E-state index contributed by atoms with van der Waals surface area (Å²) in [5, 5.41) is 13.0. The number of ether oxygens (including phenoxy) is 1. The summed E-state index contributed by atoms with van der Waals surface area (Å²) in [6.07, 6.45) is 1.68. The van der Waals surface area contributed by atoms with Crippen molar-refractivity contribution in [1.82, 2.24) is 4.57 Å². The standard InChI is InChI=1S/C36H31N3O2/c1-4-41-33-17-15-32(16-18-33)39-34(27-11-7-5-8-12-27)23-29(35(39)28-13-9-6-10-14-28)22-30(24-37)36(40)38-31-20-25(2)19-26(3)21-31/h5-23H,4H2,1-3H3,(H,38,40)/b30-22+. The molecular formula is C36H31N3O2. The minimum absolute atomic E-state index is 0.0183. The van der Waals surface area contributed by atoms with E-state index in [1.165, 1.54) is 0 Å². The zero-order valence-electron chi connectivity index (χ0n) is 23.4. The first-order chi connectivity index (χ1) is 20.0. The van der Waals surface area contributed by atoms with Crippen LogP contribution in [-0.2, 0) is 4.79 Å². The van der Waals surface area contributed by atoms with E-state index >= 15 is 0 Å². The Morgan fingerprint density at radius 1 is 0.854 bits per heavy atom. The van der Waals surface area contributed by atoms with Gasteiger partial charge in [0.25, 0.3) is 5.91 Å². The number of carbonyl (C=O) groups excluding carboxylic acids is 1. The molecule has 0 saturated heterocycles. The quantitative estimate of drug-likeness (QED) is 0.160. The molecule has 0 bridgehead atoms. The fourth-order valence-electron chi connectivity index (χ4n) is 5.03. The maximum Gasteiger partial charge on any atom is 0.266 e. The van der Waals surface area contributed by atoms with Crippen LogP contribution in [-0.4, -0.2) is 17.1 Å². The van der Waals surface area contributed by atoms with E-state index in [9.17, 15) is 10.1 Å². The Kier molecular flexibility index (Phi) is 8.13. The lowest BCUT2D eigenvalue weighted by atomic mass is 10.0. The molecule has 4 aromatic carbocycles. The molecule has 0 fully saturated rings. The van der Waals surface area contributed by atoms with Crippen LogP contribution in [0.1, 0.15) is 23.6 Å². The van der Waals surface area contributed by atoms with Gasteiger partial charge in [0.05, 0.1) is 18.0 Å². The third-order valence-electron chi connectivity index (χ3n) is 6.70. The van der Waals surface area contributed by atoms with Gasteiger partial charge < -0.3 is 14.6 Å². The van der Waals surface area contributed by atoms with E-state index in [0.29, 0.717) is 12.3 Å². The highest BCUT2D eigenvalue weighted by molar-refractivity contribution is 6.10. The number of nitriles is 1. The number of nitrogens with one attached hydrogen (secondary N) is 1. The minimum Gasteiger partial charge on any atom is -0.494 e. The summed E-state index contributed by atoms with van der Waals surface area (Å²) in [6, 6.07) is 38.1. The fraction of sp³-hybridized carbons (Fsp3) is 0.111. The fourth-order valence-corrected chi connectivity index (χ4v) is 5.03. The zero-order valence-corrected chi connectivity index (χ0v) is 23.4. The van der Waals surface area contributed by atoms with Gasteiger partial charge in [-0.15, -0.1) is 0 Å². The number of aromatic nitrogens is 1. The summed E-state index contributed by atoms with van der Waals surface area (Å²) in [5.74, 6) is 0.340. The second kappa shape index (κ2) is 12.2. The van der Waals surface area contributed by atoms with Crippen molar-refractivity contribution in [3.05, 3.63) is 131 Å². The third kappa shape index (κ3) is 6.13. The average molecular weight is 538 g/mol.